The van der Waals surface area contributed by atoms with Crippen molar-refractivity contribution in [3.8, 4) is 0 Å². The van der Waals surface area contributed by atoms with Crippen molar-refractivity contribution in [2.75, 3.05) is 11.9 Å². The van der Waals surface area contributed by atoms with Gasteiger partial charge in [-0.05, 0) is 43.4 Å². The maximum absolute atomic E-state index is 6.18. The van der Waals surface area contributed by atoms with E-state index in [2.05, 4.69) is 24.4 Å². The maximum atomic E-state index is 6.18. The zero-order valence-corrected chi connectivity index (χ0v) is 10.7. The molecule has 88 valence electrons. The first kappa shape index (κ1) is 11.8. The highest BCUT2D eigenvalue weighted by Gasteiger charge is 2.13. The monoisotopic (exact) mass is 237 g/mol. The van der Waals surface area contributed by atoms with Crippen molar-refractivity contribution in [3.63, 3.8) is 0 Å². The summed E-state index contributed by atoms with van der Waals surface area (Å²) in [7, 11) is 0. The van der Waals surface area contributed by atoms with Gasteiger partial charge in [0, 0.05) is 6.54 Å². The van der Waals surface area contributed by atoms with E-state index in [0.717, 1.165) is 23.2 Å². The minimum atomic E-state index is 0.839. The highest BCUT2D eigenvalue weighted by Crippen LogP contribution is 2.26. The van der Waals surface area contributed by atoms with Crippen molar-refractivity contribution in [3.05, 3.63) is 28.8 Å². The Morgan fingerprint density at radius 2 is 2.00 bits per heavy atom. The number of benzene rings is 1. The number of anilines is 1. The molecule has 1 aromatic rings. The minimum Gasteiger partial charge on any atom is -0.384 e. The minimum absolute atomic E-state index is 0.839. The molecule has 0 saturated heterocycles. The van der Waals surface area contributed by atoms with E-state index < -0.39 is 0 Å². The largest absolute Gasteiger partial charge is 0.384 e. The van der Waals surface area contributed by atoms with Gasteiger partial charge in [-0.2, -0.15) is 0 Å². The Labute approximate surface area is 103 Å². The second kappa shape index (κ2) is 5.58. The Morgan fingerprint density at radius 1 is 1.25 bits per heavy atom. The van der Waals surface area contributed by atoms with Crippen LogP contribution in [0.15, 0.2) is 18.2 Å². The fraction of sp³-hybridized carbons (Fsp3) is 0.571. The SMILES string of the molecule is Cc1ccc(NCC2CCCCC2)c(Cl)c1. The van der Waals surface area contributed by atoms with E-state index in [1.165, 1.54) is 37.7 Å². The Kier molecular flexibility index (Phi) is 4.11. The quantitative estimate of drug-likeness (QED) is 0.808. The Bertz CT molecular complexity index is 343. The molecule has 0 radical (unpaired) electrons. The number of rotatable bonds is 3. The van der Waals surface area contributed by atoms with Crippen LogP contribution in [0.3, 0.4) is 0 Å². The molecule has 0 unspecified atom stereocenters. The summed E-state index contributed by atoms with van der Waals surface area (Å²) in [5.74, 6) is 0.839. The molecule has 1 saturated carbocycles. The molecule has 0 atom stereocenters. The van der Waals surface area contributed by atoms with E-state index in [4.69, 9.17) is 11.6 Å². The Balaban J connectivity index is 1.88. The third kappa shape index (κ3) is 3.15. The summed E-state index contributed by atoms with van der Waals surface area (Å²) >= 11 is 6.18. The molecule has 2 rings (SSSR count). The fourth-order valence-corrected chi connectivity index (χ4v) is 2.71. The average Bonchev–Trinajstić information content (AvgIpc) is 2.29. The van der Waals surface area contributed by atoms with Crippen molar-refractivity contribution in [2.24, 2.45) is 5.92 Å². The van der Waals surface area contributed by atoms with Crippen molar-refractivity contribution in [2.45, 2.75) is 39.0 Å². The van der Waals surface area contributed by atoms with Gasteiger partial charge in [-0.15, -0.1) is 0 Å². The molecular formula is C14H20ClN. The number of nitrogens with one attached hydrogen (secondary N) is 1. The highest BCUT2D eigenvalue weighted by atomic mass is 35.5. The summed E-state index contributed by atoms with van der Waals surface area (Å²) in [5.41, 5.74) is 2.30. The van der Waals surface area contributed by atoms with E-state index >= 15 is 0 Å². The van der Waals surface area contributed by atoms with Crippen molar-refractivity contribution >= 4 is 17.3 Å². The van der Waals surface area contributed by atoms with Crippen LogP contribution in [-0.2, 0) is 0 Å². The molecule has 0 aromatic heterocycles. The molecule has 1 aliphatic carbocycles. The van der Waals surface area contributed by atoms with Crippen molar-refractivity contribution in [1.82, 2.24) is 0 Å². The predicted octanol–water partition coefficient (Wildman–Crippen LogP) is 4.64. The molecule has 1 aromatic carbocycles. The molecule has 0 aliphatic heterocycles. The molecule has 1 fully saturated rings. The summed E-state index contributed by atoms with van der Waals surface area (Å²) < 4.78 is 0. The molecule has 0 heterocycles. The van der Waals surface area contributed by atoms with Crippen molar-refractivity contribution in [1.29, 1.82) is 0 Å². The summed E-state index contributed by atoms with van der Waals surface area (Å²) in [6, 6.07) is 6.21. The Hall–Kier alpha value is -0.690. The summed E-state index contributed by atoms with van der Waals surface area (Å²) in [6.07, 6.45) is 6.96. The van der Waals surface area contributed by atoms with E-state index in [1.54, 1.807) is 0 Å². The molecule has 1 aliphatic rings. The molecule has 2 heteroatoms. The van der Waals surface area contributed by atoms with E-state index in [0.29, 0.717) is 0 Å². The van der Waals surface area contributed by atoms with Gasteiger partial charge in [-0.1, -0.05) is 36.9 Å². The number of aryl methyl sites for hydroxylation is 1. The molecule has 1 N–H and O–H groups in total. The van der Waals surface area contributed by atoms with Crippen molar-refractivity contribution < 1.29 is 0 Å². The second-order valence-electron chi connectivity index (χ2n) is 4.87. The molecule has 16 heavy (non-hydrogen) atoms. The summed E-state index contributed by atoms with van der Waals surface area (Å²) in [5, 5.41) is 4.32. The average molecular weight is 238 g/mol. The van der Waals surface area contributed by atoms with E-state index in [-0.39, 0.29) is 0 Å². The zero-order valence-electron chi connectivity index (χ0n) is 9.93. The third-order valence-corrected chi connectivity index (χ3v) is 3.74. The number of hydrogen-bond acceptors (Lipinski definition) is 1. The van der Waals surface area contributed by atoms with Crippen LogP contribution in [0.25, 0.3) is 0 Å². The third-order valence-electron chi connectivity index (χ3n) is 3.43. The van der Waals surface area contributed by atoms with Gasteiger partial charge < -0.3 is 5.32 Å². The van der Waals surface area contributed by atoms with Crippen LogP contribution < -0.4 is 5.32 Å². The number of halogens is 1. The van der Waals surface area contributed by atoms with Gasteiger partial charge in [-0.25, -0.2) is 0 Å². The topological polar surface area (TPSA) is 12.0 Å². The lowest BCUT2D eigenvalue weighted by Crippen LogP contribution is -2.17. The zero-order chi connectivity index (χ0) is 11.4. The van der Waals surface area contributed by atoms with Gasteiger partial charge in [0.05, 0.1) is 10.7 Å². The standard InChI is InChI=1S/C14H20ClN/c1-11-7-8-14(13(15)9-11)16-10-12-5-3-2-4-6-12/h7-9,12,16H,2-6,10H2,1H3. The normalized spacial score (nSPS) is 17.4. The lowest BCUT2D eigenvalue weighted by Gasteiger charge is -2.22. The maximum Gasteiger partial charge on any atom is 0.0640 e. The summed E-state index contributed by atoms with van der Waals surface area (Å²) in [4.78, 5) is 0. The smallest absolute Gasteiger partial charge is 0.0640 e. The predicted molar refractivity (Wildman–Crippen MR) is 71.3 cm³/mol. The second-order valence-corrected chi connectivity index (χ2v) is 5.28. The van der Waals surface area contributed by atoms with Gasteiger partial charge in [-0.3, -0.25) is 0 Å². The van der Waals surface area contributed by atoms with Gasteiger partial charge in [0.2, 0.25) is 0 Å². The Morgan fingerprint density at radius 3 is 2.69 bits per heavy atom. The molecule has 0 spiro atoms. The first-order valence-electron chi connectivity index (χ1n) is 6.26. The molecular weight excluding hydrogens is 218 g/mol. The molecule has 0 amide bonds. The van der Waals surface area contributed by atoms with Gasteiger partial charge in [0.25, 0.3) is 0 Å². The van der Waals surface area contributed by atoms with E-state index in [1.807, 2.05) is 6.07 Å². The van der Waals surface area contributed by atoms with Crippen LogP contribution in [-0.4, -0.2) is 6.54 Å². The first-order valence-corrected chi connectivity index (χ1v) is 6.63. The van der Waals surface area contributed by atoms with Crippen LogP contribution in [0, 0.1) is 12.8 Å². The van der Waals surface area contributed by atoms with Crippen LogP contribution >= 0.6 is 11.6 Å². The van der Waals surface area contributed by atoms with Gasteiger partial charge in [0.15, 0.2) is 0 Å². The fourth-order valence-electron chi connectivity index (χ4n) is 2.41. The van der Waals surface area contributed by atoms with Gasteiger partial charge in [0.1, 0.15) is 0 Å². The first-order chi connectivity index (χ1) is 7.75. The molecule has 1 nitrogen and oxygen atoms in total. The van der Waals surface area contributed by atoms with Crippen LogP contribution in [0.2, 0.25) is 5.02 Å². The molecule has 0 bridgehead atoms. The lowest BCUT2D eigenvalue weighted by atomic mass is 9.89. The van der Waals surface area contributed by atoms with E-state index in [9.17, 15) is 0 Å². The number of hydrogen-bond donors (Lipinski definition) is 1. The van der Waals surface area contributed by atoms with Crippen LogP contribution in [0.4, 0.5) is 5.69 Å². The highest BCUT2D eigenvalue weighted by molar-refractivity contribution is 6.33. The van der Waals surface area contributed by atoms with Crippen LogP contribution in [0.5, 0.6) is 0 Å². The lowest BCUT2D eigenvalue weighted by molar-refractivity contribution is 0.373. The van der Waals surface area contributed by atoms with Gasteiger partial charge >= 0.3 is 0 Å². The van der Waals surface area contributed by atoms with Crippen LogP contribution in [0.1, 0.15) is 37.7 Å². The summed E-state index contributed by atoms with van der Waals surface area (Å²) in [6.45, 7) is 3.14.